The van der Waals surface area contributed by atoms with Crippen LogP contribution in [0.25, 0.3) is 10.2 Å². The third kappa shape index (κ3) is 2.53. The molecule has 1 aromatic carbocycles. The van der Waals surface area contributed by atoms with Crippen molar-refractivity contribution < 1.29 is 5.11 Å². The largest absolute Gasteiger partial charge is 0.395 e. The zero-order valence-electron chi connectivity index (χ0n) is 8.60. The van der Waals surface area contributed by atoms with E-state index in [0.717, 1.165) is 17.1 Å². The quantitative estimate of drug-likeness (QED) is 0.828. The van der Waals surface area contributed by atoms with Gasteiger partial charge in [0.1, 0.15) is 5.01 Å². The molecule has 0 saturated heterocycles. The number of nitrogens with zero attached hydrogens (tertiary/aromatic N) is 1. The molecule has 0 saturated carbocycles. The number of aliphatic hydroxyl groups excluding tert-OH is 1. The van der Waals surface area contributed by atoms with Crippen LogP contribution in [0.3, 0.4) is 0 Å². The fraction of sp³-hybridized carbons (Fsp3) is 0.364. The molecule has 15 heavy (non-hydrogen) atoms. The fourth-order valence-electron chi connectivity index (χ4n) is 1.32. The topological polar surface area (TPSA) is 45.1 Å². The molecule has 1 heterocycles. The van der Waals surface area contributed by atoms with Crippen molar-refractivity contribution in [1.82, 2.24) is 10.3 Å². The fourth-order valence-corrected chi connectivity index (χ4v) is 2.24. The van der Waals surface area contributed by atoms with Gasteiger partial charge in [0.2, 0.25) is 0 Å². The zero-order chi connectivity index (χ0) is 10.7. The van der Waals surface area contributed by atoms with Crippen molar-refractivity contribution in [2.24, 2.45) is 0 Å². The second kappa shape index (κ2) is 4.70. The first-order chi connectivity index (χ1) is 7.29. The lowest BCUT2D eigenvalue weighted by Crippen LogP contribution is -2.28. The normalized spacial score (nSPS) is 13.2. The van der Waals surface area contributed by atoms with Crippen LogP contribution in [-0.2, 0) is 6.54 Å². The molecule has 80 valence electrons. The summed E-state index contributed by atoms with van der Waals surface area (Å²) in [5.41, 5.74) is 1.05. The number of benzene rings is 1. The SMILES string of the molecule is CC(CO)NCc1nc2ccccc2s1. The molecule has 2 aromatic rings. The highest BCUT2D eigenvalue weighted by atomic mass is 32.1. The summed E-state index contributed by atoms with van der Waals surface area (Å²) >= 11 is 1.69. The van der Waals surface area contributed by atoms with E-state index in [9.17, 15) is 0 Å². The van der Waals surface area contributed by atoms with Crippen LogP contribution >= 0.6 is 11.3 Å². The number of nitrogens with one attached hydrogen (secondary N) is 1. The number of hydrogen-bond acceptors (Lipinski definition) is 4. The maximum absolute atomic E-state index is 8.87. The van der Waals surface area contributed by atoms with Crippen LogP contribution in [0.1, 0.15) is 11.9 Å². The van der Waals surface area contributed by atoms with Crippen molar-refractivity contribution in [1.29, 1.82) is 0 Å². The van der Waals surface area contributed by atoms with Crippen LogP contribution in [-0.4, -0.2) is 22.7 Å². The van der Waals surface area contributed by atoms with Gasteiger partial charge < -0.3 is 10.4 Å². The number of fused-ring (bicyclic) bond motifs is 1. The van der Waals surface area contributed by atoms with Gasteiger partial charge in [0.15, 0.2) is 0 Å². The molecular formula is C11H14N2OS. The molecule has 1 unspecified atom stereocenters. The number of para-hydroxylation sites is 1. The third-order valence-corrected chi connectivity index (χ3v) is 3.25. The Balaban J connectivity index is 2.09. The molecule has 0 aliphatic carbocycles. The molecule has 0 aliphatic heterocycles. The molecule has 1 atom stereocenters. The van der Waals surface area contributed by atoms with Gasteiger partial charge in [0.25, 0.3) is 0 Å². The van der Waals surface area contributed by atoms with Gasteiger partial charge in [-0.25, -0.2) is 4.98 Å². The number of aromatic nitrogens is 1. The molecule has 3 nitrogen and oxygen atoms in total. The van der Waals surface area contributed by atoms with Gasteiger partial charge in [-0.3, -0.25) is 0 Å². The summed E-state index contributed by atoms with van der Waals surface area (Å²) in [5, 5.41) is 13.1. The van der Waals surface area contributed by atoms with Gasteiger partial charge in [0.05, 0.1) is 16.8 Å². The van der Waals surface area contributed by atoms with E-state index < -0.39 is 0 Å². The van der Waals surface area contributed by atoms with E-state index in [1.54, 1.807) is 11.3 Å². The Kier molecular flexibility index (Phi) is 3.30. The molecule has 2 N–H and O–H groups in total. The summed E-state index contributed by atoms with van der Waals surface area (Å²) in [5.74, 6) is 0. The highest BCUT2D eigenvalue weighted by Crippen LogP contribution is 2.21. The monoisotopic (exact) mass is 222 g/mol. The van der Waals surface area contributed by atoms with Gasteiger partial charge in [-0.15, -0.1) is 11.3 Å². The maximum atomic E-state index is 8.87. The Bertz CT molecular complexity index is 408. The summed E-state index contributed by atoms with van der Waals surface area (Å²) in [7, 11) is 0. The highest BCUT2D eigenvalue weighted by molar-refractivity contribution is 7.18. The smallest absolute Gasteiger partial charge is 0.108 e. The lowest BCUT2D eigenvalue weighted by atomic mass is 10.3. The minimum atomic E-state index is 0.122. The van der Waals surface area contributed by atoms with Crippen molar-refractivity contribution in [3.05, 3.63) is 29.3 Å². The van der Waals surface area contributed by atoms with Gasteiger partial charge in [0, 0.05) is 12.6 Å². The molecule has 0 aliphatic rings. The zero-order valence-corrected chi connectivity index (χ0v) is 9.42. The summed E-state index contributed by atoms with van der Waals surface area (Å²) in [6.45, 7) is 2.83. The predicted octanol–water partition coefficient (Wildman–Crippen LogP) is 1.77. The number of hydrogen-bond donors (Lipinski definition) is 2. The molecule has 0 spiro atoms. The Hall–Kier alpha value is -0.970. The molecule has 4 heteroatoms. The van der Waals surface area contributed by atoms with Crippen molar-refractivity contribution in [2.45, 2.75) is 19.5 Å². The van der Waals surface area contributed by atoms with Crippen LogP contribution in [0.2, 0.25) is 0 Å². The van der Waals surface area contributed by atoms with Crippen molar-refractivity contribution in [2.75, 3.05) is 6.61 Å². The number of thiazole rings is 1. The van der Waals surface area contributed by atoms with Gasteiger partial charge in [-0.1, -0.05) is 12.1 Å². The summed E-state index contributed by atoms with van der Waals surface area (Å²) in [4.78, 5) is 4.49. The van der Waals surface area contributed by atoms with E-state index in [-0.39, 0.29) is 12.6 Å². The van der Waals surface area contributed by atoms with E-state index >= 15 is 0 Å². The first-order valence-electron chi connectivity index (χ1n) is 4.98. The minimum Gasteiger partial charge on any atom is -0.395 e. The van der Waals surface area contributed by atoms with Crippen LogP contribution in [0.15, 0.2) is 24.3 Å². The van der Waals surface area contributed by atoms with E-state index in [2.05, 4.69) is 16.4 Å². The first-order valence-corrected chi connectivity index (χ1v) is 5.80. The van der Waals surface area contributed by atoms with E-state index in [1.807, 2.05) is 25.1 Å². The maximum Gasteiger partial charge on any atom is 0.108 e. The lowest BCUT2D eigenvalue weighted by molar-refractivity contribution is 0.251. The Morgan fingerprint density at radius 1 is 1.47 bits per heavy atom. The average Bonchev–Trinajstić information content (AvgIpc) is 2.68. The van der Waals surface area contributed by atoms with Crippen LogP contribution < -0.4 is 5.32 Å². The highest BCUT2D eigenvalue weighted by Gasteiger charge is 2.04. The molecule has 1 aromatic heterocycles. The summed E-state index contributed by atoms with van der Waals surface area (Å²) in [6.07, 6.45) is 0. The molecule has 0 amide bonds. The standard InChI is InChI=1S/C11H14N2OS/c1-8(7-14)12-6-11-13-9-4-2-3-5-10(9)15-11/h2-5,8,12,14H,6-7H2,1H3. The van der Waals surface area contributed by atoms with E-state index in [1.165, 1.54) is 4.70 Å². The average molecular weight is 222 g/mol. The molecule has 0 bridgehead atoms. The lowest BCUT2D eigenvalue weighted by Gasteiger charge is -2.07. The molecule has 0 radical (unpaired) electrons. The Labute approximate surface area is 92.8 Å². The van der Waals surface area contributed by atoms with E-state index in [4.69, 9.17) is 5.11 Å². The second-order valence-electron chi connectivity index (χ2n) is 3.54. The third-order valence-electron chi connectivity index (χ3n) is 2.21. The van der Waals surface area contributed by atoms with Gasteiger partial charge in [-0.05, 0) is 19.1 Å². The van der Waals surface area contributed by atoms with E-state index in [0.29, 0.717) is 0 Å². The number of aliphatic hydroxyl groups is 1. The molecular weight excluding hydrogens is 208 g/mol. The summed E-state index contributed by atoms with van der Waals surface area (Å²) < 4.78 is 1.21. The van der Waals surface area contributed by atoms with Crippen LogP contribution in [0, 0.1) is 0 Å². The van der Waals surface area contributed by atoms with Crippen molar-refractivity contribution in [3.8, 4) is 0 Å². The predicted molar refractivity (Wildman–Crippen MR) is 63.0 cm³/mol. The molecule has 0 fully saturated rings. The first kappa shape index (κ1) is 10.5. The van der Waals surface area contributed by atoms with Crippen LogP contribution in [0.4, 0.5) is 0 Å². The van der Waals surface area contributed by atoms with Gasteiger partial charge >= 0.3 is 0 Å². The van der Waals surface area contributed by atoms with Crippen molar-refractivity contribution in [3.63, 3.8) is 0 Å². The van der Waals surface area contributed by atoms with Gasteiger partial charge in [-0.2, -0.15) is 0 Å². The summed E-state index contributed by atoms with van der Waals surface area (Å²) in [6, 6.07) is 8.23. The second-order valence-corrected chi connectivity index (χ2v) is 4.66. The molecule has 2 rings (SSSR count). The minimum absolute atomic E-state index is 0.122. The number of rotatable bonds is 4. The van der Waals surface area contributed by atoms with Crippen molar-refractivity contribution >= 4 is 21.6 Å². The Morgan fingerprint density at radius 3 is 3.00 bits per heavy atom. The van der Waals surface area contributed by atoms with Crippen LogP contribution in [0.5, 0.6) is 0 Å². The Morgan fingerprint density at radius 2 is 2.27 bits per heavy atom.